The van der Waals surface area contributed by atoms with E-state index in [1.807, 2.05) is 0 Å². The Hall–Kier alpha value is -1.95. The molecular formula is C13H11BrN2O3. The van der Waals surface area contributed by atoms with Gasteiger partial charge in [-0.25, -0.2) is 0 Å². The molecule has 0 atom stereocenters. The number of Topliss-reactive ketones (excluding diaryl/α,β-unsaturated/α-hetero) is 1. The van der Waals surface area contributed by atoms with Gasteiger partial charge in [0.05, 0.1) is 11.5 Å². The topological polar surface area (TPSA) is 65.1 Å². The van der Waals surface area contributed by atoms with E-state index in [0.29, 0.717) is 22.1 Å². The molecule has 0 unspecified atom stereocenters. The van der Waals surface area contributed by atoms with Crippen LogP contribution >= 0.6 is 15.9 Å². The average molecular weight is 323 g/mol. The van der Waals surface area contributed by atoms with E-state index in [4.69, 9.17) is 0 Å². The maximum atomic E-state index is 11.2. The quantitative estimate of drug-likeness (QED) is 0.492. The van der Waals surface area contributed by atoms with Gasteiger partial charge in [-0.1, -0.05) is 15.9 Å². The highest BCUT2D eigenvalue weighted by Crippen LogP contribution is 2.24. The van der Waals surface area contributed by atoms with E-state index < -0.39 is 4.92 Å². The number of carbonyl (C=O) groups excluding carboxylic acids is 1. The number of benzene rings is 1. The fraction of sp³-hybridized carbons (Fsp3) is 0.154. The van der Waals surface area contributed by atoms with Crippen LogP contribution in [-0.4, -0.2) is 15.3 Å². The summed E-state index contributed by atoms with van der Waals surface area (Å²) in [6.45, 7) is 1.85. The van der Waals surface area contributed by atoms with E-state index in [2.05, 4.69) is 15.9 Å². The number of nitro benzene ring substituents is 1. The molecule has 98 valence electrons. The summed E-state index contributed by atoms with van der Waals surface area (Å²) in [5.41, 5.74) is 1.26. The van der Waals surface area contributed by atoms with Gasteiger partial charge in [0.2, 0.25) is 0 Å². The zero-order valence-corrected chi connectivity index (χ0v) is 11.8. The van der Waals surface area contributed by atoms with E-state index in [-0.39, 0.29) is 11.5 Å². The molecule has 0 saturated heterocycles. The number of hydrogen-bond acceptors (Lipinski definition) is 3. The van der Waals surface area contributed by atoms with Gasteiger partial charge < -0.3 is 4.57 Å². The van der Waals surface area contributed by atoms with Crippen LogP contribution in [0.25, 0.3) is 0 Å². The van der Waals surface area contributed by atoms with Crippen LogP contribution in [0, 0.1) is 10.1 Å². The highest BCUT2D eigenvalue weighted by atomic mass is 79.9. The van der Waals surface area contributed by atoms with Gasteiger partial charge in [0.15, 0.2) is 5.78 Å². The molecule has 0 aliphatic rings. The Balaban J connectivity index is 2.32. The third-order valence-electron chi connectivity index (χ3n) is 2.75. The molecule has 0 amide bonds. The first-order valence-electron chi connectivity index (χ1n) is 5.57. The molecule has 2 rings (SSSR count). The lowest BCUT2D eigenvalue weighted by Crippen LogP contribution is -2.01. The lowest BCUT2D eigenvalue weighted by atomic mass is 10.2. The first-order chi connectivity index (χ1) is 8.97. The summed E-state index contributed by atoms with van der Waals surface area (Å²) < 4.78 is 2.42. The smallest absolute Gasteiger partial charge is 0.275 e. The third kappa shape index (κ3) is 3.08. The molecule has 0 bridgehead atoms. The summed E-state index contributed by atoms with van der Waals surface area (Å²) in [4.78, 5) is 21.8. The van der Waals surface area contributed by atoms with Crippen LogP contribution in [0.5, 0.6) is 0 Å². The first-order valence-corrected chi connectivity index (χ1v) is 6.36. The Labute approximate surface area is 118 Å². The van der Waals surface area contributed by atoms with Crippen LogP contribution in [0.2, 0.25) is 0 Å². The molecule has 0 N–H and O–H groups in total. The molecule has 0 spiro atoms. The number of rotatable bonds is 4. The lowest BCUT2D eigenvalue weighted by Gasteiger charge is -2.05. The molecule has 5 nitrogen and oxygen atoms in total. The van der Waals surface area contributed by atoms with E-state index in [1.54, 1.807) is 35.2 Å². The van der Waals surface area contributed by atoms with Crippen molar-refractivity contribution in [3.63, 3.8) is 0 Å². The second kappa shape index (κ2) is 5.36. The fourth-order valence-corrected chi connectivity index (χ4v) is 2.13. The van der Waals surface area contributed by atoms with Crippen LogP contribution in [0.1, 0.15) is 22.8 Å². The summed E-state index contributed by atoms with van der Waals surface area (Å²) in [5.74, 6) is -0.0240. The Morgan fingerprint density at radius 1 is 1.42 bits per heavy atom. The number of ketones is 1. The van der Waals surface area contributed by atoms with Crippen LogP contribution in [-0.2, 0) is 6.54 Å². The normalized spacial score (nSPS) is 10.4. The number of nitrogens with zero attached hydrogens (tertiary/aromatic N) is 2. The van der Waals surface area contributed by atoms with Crippen molar-refractivity contribution in [1.29, 1.82) is 0 Å². The molecular weight excluding hydrogens is 312 g/mol. The number of aromatic nitrogens is 1. The van der Waals surface area contributed by atoms with Crippen molar-refractivity contribution in [2.75, 3.05) is 0 Å². The SMILES string of the molecule is CC(=O)c1ccn(Cc2ccc(Br)cc2[N+](=O)[O-])c1. The summed E-state index contributed by atoms with van der Waals surface area (Å²) in [6, 6.07) is 6.64. The third-order valence-corrected chi connectivity index (χ3v) is 3.25. The highest BCUT2D eigenvalue weighted by molar-refractivity contribution is 9.10. The maximum Gasteiger partial charge on any atom is 0.275 e. The number of halogens is 1. The summed E-state index contributed by atoms with van der Waals surface area (Å²) in [5, 5.41) is 11.0. The van der Waals surface area contributed by atoms with Crippen molar-refractivity contribution in [3.05, 3.63) is 62.4 Å². The van der Waals surface area contributed by atoms with Crippen molar-refractivity contribution >= 4 is 27.4 Å². The minimum atomic E-state index is -0.407. The Morgan fingerprint density at radius 3 is 2.74 bits per heavy atom. The Bertz CT molecular complexity index is 649. The zero-order chi connectivity index (χ0) is 14.0. The average Bonchev–Trinajstić information content (AvgIpc) is 2.80. The van der Waals surface area contributed by atoms with Crippen LogP contribution < -0.4 is 0 Å². The van der Waals surface area contributed by atoms with Crippen LogP contribution in [0.3, 0.4) is 0 Å². The molecule has 1 aromatic carbocycles. The van der Waals surface area contributed by atoms with E-state index in [9.17, 15) is 14.9 Å². The van der Waals surface area contributed by atoms with Gasteiger partial charge in [0.25, 0.3) is 5.69 Å². The zero-order valence-electron chi connectivity index (χ0n) is 10.2. The monoisotopic (exact) mass is 322 g/mol. The van der Waals surface area contributed by atoms with E-state index in [1.165, 1.54) is 13.0 Å². The summed E-state index contributed by atoms with van der Waals surface area (Å²) in [6.07, 6.45) is 3.43. The van der Waals surface area contributed by atoms with Gasteiger partial charge in [0.1, 0.15) is 0 Å². The molecule has 1 aromatic heterocycles. The van der Waals surface area contributed by atoms with Crippen molar-refractivity contribution < 1.29 is 9.72 Å². The largest absolute Gasteiger partial charge is 0.349 e. The van der Waals surface area contributed by atoms with Gasteiger partial charge in [-0.05, 0) is 25.1 Å². The molecule has 0 aliphatic heterocycles. The molecule has 6 heteroatoms. The fourth-order valence-electron chi connectivity index (χ4n) is 1.78. The molecule has 0 radical (unpaired) electrons. The van der Waals surface area contributed by atoms with Crippen molar-refractivity contribution in [3.8, 4) is 0 Å². The van der Waals surface area contributed by atoms with Crippen molar-refractivity contribution in [1.82, 2.24) is 4.57 Å². The van der Waals surface area contributed by atoms with Gasteiger partial charge in [-0.15, -0.1) is 0 Å². The second-order valence-electron chi connectivity index (χ2n) is 4.16. The number of nitro groups is 1. The molecule has 0 fully saturated rings. The van der Waals surface area contributed by atoms with Crippen molar-refractivity contribution in [2.24, 2.45) is 0 Å². The maximum absolute atomic E-state index is 11.2. The van der Waals surface area contributed by atoms with Crippen molar-refractivity contribution in [2.45, 2.75) is 13.5 Å². The molecule has 0 aliphatic carbocycles. The number of hydrogen-bond donors (Lipinski definition) is 0. The second-order valence-corrected chi connectivity index (χ2v) is 5.07. The first kappa shape index (κ1) is 13.5. The predicted octanol–water partition coefficient (Wildman–Crippen LogP) is 3.41. The molecule has 1 heterocycles. The minimum Gasteiger partial charge on any atom is -0.349 e. The Morgan fingerprint density at radius 2 is 2.16 bits per heavy atom. The molecule has 19 heavy (non-hydrogen) atoms. The predicted molar refractivity (Wildman–Crippen MR) is 74.3 cm³/mol. The van der Waals surface area contributed by atoms with E-state index in [0.717, 1.165) is 0 Å². The minimum absolute atomic E-state index is 0.0240. The van der Waals surface area contributed by atoms with Gasteiger partial charge >= 0.3 is 0 Å². The number of carbonyl (C=O) groups is 1. The summed E-state index contributed by atoms with van der Waals surface area (Å²) in [7, 11) is 0. The van der Waals surface area contributed by atoms with Crippen LogP contribution in [0.15, 0.2) is 41.1 Å². The van der Waals surface area contributed by atoms with Gasteiger partial charge in [-0.3, -0.25) is 14.9 Å². The Kier molecular flexibility index (Phi) is 3.80. The molecule has 2 aromatic rings. The van der Waals surface area contributed by atoms with Crippen LogP contribution in [0.4, 0.5) is 5.69 Å². The van der Waals surface area contributed by atoms with Gasteiger partial charge in [0, 0.05) is 34.1 Å². The molecule has 0 saturated carbocycles. The standard InChI is InChI=1S/C13H11BrN2O3/c1-9(17)10-4-5-15(7-10)8-11-2-3-12(14)6-13(11)16(18)19/h2-7H,8H2,1H3. The van der Waals surface area contributed by atoms with Gasteiger partial charge in [-0.2, -0.15) is 0 Å². The lowest BCUT2D eigenvalue weighted by molar-refractivity contribution is -0.385. The highest BCUT2D eigenvalue weighted by Gasteiger charge is 2.14. The summed E-state index contributed by atoms with van der Waals surface area (Å²) >= 11 is 3.22. The van der Waals surface area contributed by atoms with E-state index >= 15 is 0 Å².